The molecule has 0 bridgehead atoms. The third-order valence-corrected chi connectivity index (χ3v) is 6.60. The lowest BCUT2D eigenvalue weighted by molar-refractivity contribution is 0.00229. The number of rotatable bonds is 2. The topological polar surface area (TPSA) is 38.3 Å². The van der Waals surface area contributed by atoms with E-state index in [1.165, 1.54) is 32.1 Å². The molecule has 3 aliphatic rings. The lowest BCUT2D eigenvalue weighted by Crippen LogP contribution is -2.50. The predicted octanol–water partition coefficient (Wildman–Crippen LogP) is 1.84. The number of ether oxygens (including phenoxy) is 1. The van der Waals surface area contributed by atoms with Crippen molar-refractivity contribution < 1.29 is 8.95 Å². The Balaban J connectivity index is 1.59. The van der Waals surface area contributed by atoms with Crippen molar-refractivity contribution in [2.75, 3.05) is 24.7 Å². The Hall–Kier alpha value is 0.0700. The van der Waals surface area contributed by atoms with Gasteiger partial charge in [-0.15, -0.1) is 0 Å². The zero-order valence-electron chi connectivity index (χ0n) is 11.2. The van der Waals surface area contributed by atoms with Gasteiger partial charge >= 0.3 is 0 Å². The van der Waals surface area contributed by atoms with E-state index in [0.717, 1.165) is 37.6 Å². The fraction of sp³-hybridized carbons (Fsp3) is 1.00. The minimum absolute atomic E-state index is 0.523. The quantitative estimate of drug-likeness (QED) is 0.833. The first-order chi connectivity index (χ1) is 8.78. The molecule has 2 heterocycles. The maximum Gasteiger partial charge on any atom is 0.0471 e. The van der Waals surface area contributed by atoms with Gasteiger partial charge in [0.2, 0.25) is 0 Å². The normalized spacial score (nSPS) is 40.1. The molecule has 3 fully saturated rings. The van der Waals surface area contributed by atoms with Crippen LogP contribution >= 0.6 is 0 Å². The minimum Gasteiger partial charge on any atom is -0.381 e. The van der Waals surface area contributed by atoms with Gasteiger partial charge in [0.25, 0.3) is 0 Å². The van der Waals surface area contributed by atoms with Gasteiger partial charge in [-0.3, -0.25) is 4.21 Å². The van der Waals surface area contributed by atoms with E-state index in [4.69, 9.17) is 4.74 Å². The maximum absolute atomic E-state index is 11.4. The molecule has 2 aliphatic heterocycles. The van der Waals surface area contributed by atoms with Gasteiger partial charge in [-0.1, -0.05) is 6.42 Å². The lowest BCUT2D eigenvalue weighted by atomic mass is 9.75. The molecule has 3 rings (SSSR count). The average molecular weight is 271 g/mol. The Morgan fingerprint density at radius 3 is 2.50 bits per heavy atom. The van der Waals surface area contributed by atoms with E-state index in [1.54, 1.807) is 0 Å². The van der Waals surface area contributed by atoms with E-state index in [-0.39, 0.29) is 0 Å². The summed E-state index contributed by atoms with van der Waals surface area (Å²) in [5, 5.41) is 3.91. The van der Waals surface area contributed by atoms with Crippen molar-refractivity contribution in [2.45, 2.75) is 57.0 Å². The van der Waals surface area contributed by atoms with Crippen LogP contribution in [0.15, 0.2) is 0 Å². The van der Waals surface area contributed by atoms with Crippen molar-refractivity contribution in [3.8, 4) is 0 Å². The van der Waals surface area contributed by atoms with Crippen LogP contribution in [-0.4, -0.2) is 41.0 Å². The van der Waals surface area contributed by atoms with E-state index >= 15 is 0 Å². The summed E-state index contributed by atoms with van der Waals surface area (Å²) in [7, 11) is -0.537. The van der Waals surface area contributed by atoms with Crippen LogP contribution in [0.4, 0.5) is 0 Å². The zero-order chi connectivity index (χ0) is 12.4. The first kappa shape index (κ1) is 13.1. The average Bonchev–Trinajstić information content (AvgIpc) is 2.76. The van der Waals surface area contributed by atoms with Crippen LogP contribution in [0, 0.1) is 5.41 Å². The van der Waals surface area contributed by atoms with Gasteiger partial charge < -0.3 is 10.1 Å². The van der Waals surface area contributed by atoms with Crippen LogP contribution in [0.5, 0.6) is 0 Å². The van der Waals surface area contributed by atoms with Crippen molar-refractivity contribution in [2.24, 2.45) is 5.41 Å². The highest BCUT2D eigenvalue weighted by Gasteiger charge is 2.44. The van der Waals surface area contributed by atoms with Gasteiger partial charge in [-0.2, -0.15) is 0 Å². The molecule has 3 nitrogen and oxygen atoms in total. The van der Waals surface area contributed by atoms with Crippen LogP contribution in [0.3, 0.4) is 0 Å². The highest BCUT2D eigenvalue weighted by molar-refractivity contribution is 7.85. The molecule has 1 unspecified atom stereocenters. The van der Waals surface area contributed by atoms with E-state index in [9.17, 15) is 4.21 Å². The molecule has 1 saturated carbocycles. The molecular weight excluding hydrogens is 246 g/mol. The minimum atomic E-state index is -0.537. The van der Waals surface area contributed by atoms with E-state index in [0.29, 0.717) is 17.5 Å². The van der Waals surface area contributed by atoms with Gasteiger partial charge in [0, 0.05) is 47.6 Å². The Morgan fingerprint density at radius 1 is 1.06 bits per heavy atom. The van der Waals surface area contributed by atoms with Crippen molar-refractivity contribution >= 4 is 10.8 Å². The van der Waals surface area contributed by atoms with Crippen LogP contribution in [0.2, 0.25) is 0 Å². The van der Waals surface area contributed by atoms with Gasteiger partial charge in [0.15, 0.2) is 0 Å². The summed E-state index contributed by atoms with van der Waals surface area (Å²) < 4.78 is 16.9. The second-order valence-corrected chi connectivity index (χ2v) is 7.90. The van der Waals surface area contributed by atoms with Gasteiger partial charge in [-0.25, -0.2) is 0 Å². The summed E-state index contributed by atoms with van der Waals surface area (Å²) in [5.74, 6) is 1.81. The zero-order valence-corrected chi connectivity index (χ0v) is 12.0. The molecule has 1 atom stereocenters. The SMILES string of the molecule is O=S1CCC(NC2CCCC23CCOCC3)CC1. The summed E-state index contributed by atoms with van der Waals surface area (Å²) in [4.78, 5) is 0. The molecule has 0 aromatic carbocycles. The van der Waals surface area contributed by atoms with Crippen molar-refractivity contribution in [1.82, 2.24) is 5.32 Å². The largest absolute Gasteiger partial charge is 0.381 e. The Kier molecular flexibility index (Phi) is 4.06. The molecule has 0 radical (unpaired) electrons. The Bertz CT molecular complexity index is 305. The van der Waals surface area contributed by atoms with Gasteiger partial charge in [0.05, 0.1) is 0 Å². The molecule has 0 aromatic heterocycles. The third-order valence-electron chi connectivity index (χ3n) is 5.22. The first-order valence-electron chi connectivity index (χ1n) is 7.47. The molecule has 4 heteroatoms. The molecule has 18 heavy (non-hydrogen) atoms. The number of nitrogens with one attached hydrogen (secondary N) is 1. The van der Waals surface area contributed by atoms with Crippen LogP contribution in [-0.2, 0) is 15.5 Å². The predicted molar refractivity (Wildman–Crippen MR) is 74.2 cm³/mol. The summed E-state index contributed by atoms with van der Waals surface area (Å²) in [5.41, 5.74) is 0.523. The fourth-order valence-electron chi connectivity index (χ4n) is 4.02. The fourth-order valence-corrected chi connectivity index (χ4v) is 5.32. The van der Waals surface area contributed by atoms with E-state index in [1.807, 2.05) is 0 Å². The molecular formula is C14H25NO2S. The standard InChI is InChI=1S/C14H25NO2S/c16-18-10-3-12(4-11-18)15-13-2-1-5-14(13)6-8-17-9-7-14/h12-13,15H,1-11H2. The van der Waals surface area contributed by atoms with Crippen LogP contribution in [0.25, 0.3) is 0 Å². The molecule has 1 aliphatic carbocycles. The van der Waals surface area contributed by atoms with Gasteiger partial charge in [-0.05, 0) is 43.9 Å². The summed E-state index contributed by atoms with van der Waals surface area (Å²) >= 11 is 0. The van der Waals surface area contributed by atoms with E-state index < -0.39 is 10.8 Å². The molecule has 2 saturated heterocycles. The highest BCUT2D eigenvalue weighted by atomic mass is 32.2. The second kappa shape index (κ2) is 5.59. The summed E-state index contributed by atoms with van der Waals surface area (Å²) in [6.45, 7) is 1.90. The van der Waals surface area contributed by atoms with Crippen molar-refractivity contribution in [1.29, 1.82) is 0 Å². The molecule has 0 amide bonds. The highest BCUT2D eigenvalue weighted by Crippen LogP contribution is 2.46. The van der Waals surface area contributed by atoms with Crippen LogP contribution < -0.4 is 5.32 Å². The van der Waals surface area contributed by atoms with Crippen molar-refractivity contribution in [3.05, 3.63) is 0 Å². The van der Waals surface area contributed by atoms with Crippen molar-refractivity contribution in [3.63, 3.8) is 0 Å². The third kappa shape index (κ3) is 2.66. The molecule has 0 aromatic rings. The summed E-state index contributed by atoms with van der Waals surface area (Å²) in [6, 6.07) is 1.31. The molecule has 1 spiro atoms. The number of hydrogen-bond acceptors (Lipinski definition) is 3. The second-order valence-electron chi connectivity index (χ2n) is 6.21. The molecule has 104 valence electrons. The Labute approximate surface area is 113 Å². The van der Waals surface area contributed by atoms with Crippen LogP contribution in [0.1, 0.15) is 44.9 Å². The first-order valence-corrected chi connectivity index (χ1v) is 8.96. The van der Waals surface area contributed by atoms with Gasteiger partial charge in [0.1, 0.15) is 0 Å². The Morgan fingerprint density at radius 2 is 1.78 bits per heavy atom. The lowest BCUT2D eigenvalue weighted by Gasteiger charge is -2.41. The number of hydrogen-bond donors (Lipinski definition) is 1. The summed E-state index contributed by atoms with van der Waals surface area (Å²) in [6.07, 6.45) is 8.78. The monoisotopic (exact) mass is 271 g/mol. The molecule has 1 N–H and O–H groups in total. The maximum atomic E-state index is 11.4. The smallest absolute Gasteiger partial charge is 0.0471 e. The van der Waals surface area contributed by atoms with E-state index in [2.05, 4.69) is 5.32 Å².